The first-order chi connectivity index (χ1) is 14.5. The molecule has 1 unspecified atom stereocenters. The van der Waals surface area contributed by atoms with Gasteiger partial charge in [0.05, 0.1) is 24.3 Å². The van der Waals surface area contributed by atoms with Gasteiger partial charge in [0.2, 0.25) is 0 Å². The van der Waals surface area contributed by atoms with Crippen molar-refractivity contribution in [3.63, 3.8) is 0 Å². The molecule has 1 saturated heterocycles. The van der Waals surface area contributed by atoms with Gasteiger partial charge in [-0.25, -0.2) is 0 Å². The molecule has 2 aromatic carbocycles. The van der Waals surface area contributed by atoms with Gasteiger partial charge in [-0.1, -0.05) is 36.4 Å². The molecule has 1 aliphatic heterocycles. The molecule has 1 fully saturated rings. The fourth-order valence-electron chi connectivity index (χ4n) is 3.75. The fraction of sp³-hybridized carbons (Fsp3) is 0.125. The number of aliphatic hydroxyl groups is 1. The third-order valence-electron chi connectivity index (χ3n) is 5.18. The summed E-state index contributed by atoms with van der Waals surface area (Å²) in [5.74, 6) is -1.33. The third-order valence-corrected chi connectivity index (χ3v) is 5.18. The summed E-state index contributed by atoms with van der Waals surface area (Å²) < 4.78 is 5.34. The van der Waals surface area contributed by atoms with E-state index < -0.39 is 17.7 Å². The Morgan fingerprint density at radius 2 is 1.77 bits per heavy atom. The van der Waals surface area contributed by atoms with Gasteiger partial charge in [0.25, 0.3) is 11.7 Å². The van der Waals surface area contributed by atoms with Crippen LogP contribution in [0.25, 0.3) is 5.76 Å². The number of ketones is 1. The maximum Gasteiger partial charge on any atom is 0.300 e. The van der Waals surface area contributed by atoms with Gasteiger partial charge < -0.3 is 9.84 Å². The number of carbonyl (C=O) groups is 2. The summed E-state index contributed by atoms with van der Waals surface area (Å²) in [5, 5.41) is 11.2. The van der Waals surface area contributed by atoms with E-state index in [1.54, 1.807) is 54.9 Å². The Labute approximate surface area is 174 Å². The van der Waals surface area contributed by atoms with Gasteiger partial charge in [0, 0.05) is 18.1 Å². The number of amides is 1. The normalized spacial score (nSPS) is 17.9. The summed E-state index contributed by atoms with van der Waals surface area (Å²) in [6.45, 7) is 1.87. The third kappa shape index (κ3) is 3.12. The maximum atomic E-state index is 13.1. The van der Waals surface area contributed by atoms with E-state index in [-0.39, 0.29) is 11.3 Å². The number of aromatic nitrogens is 1. The molecule has 1 N–H and O–H groups in total. The molecule has 1 aliphatic rings. The standard InChI is InChI=1S/C24H20N2O4/c1-15-8-3-5-11-18(15)26-21(16-9-7-13-25-14-16)20(23(28)24(26)29)22(27)17-10-4-6-12-19(17)30-2/h3-14,21,27H,1-2H3/b22-20-. The highest BCUT2D eigenvalue weighted by Gasteiger charge is 2.47. The number of aryl methyl sites for hydroxylation is 1. The first-order valence-corrected chi connectivity index (χ1v) is 9.44. The van der Waals surface area contributed by atoms with Gasteiger partial charge in [-0.3, -0.25) is 19.5 Å². The monoisotopic (exact) mass is 400 g/mol. The number of carbonyl (C=O) groups excluding carboxylic acids is 2. The number of benzene rings is 2. The number of methoxy groups -OCH3 is 1. The number of pyridine rings is 1. The van der Waals surface area contributed by atoms with Crippen molar-refractivity contribution in [2.45, 2.75) is 13.0 Å². The van der Waals surface area contributed by atoms with E-state index in [1.807, 2.05) is 25.1 Å². The first kappa shape index (κ1) is 19.4. The Morgan fingerprint density at radius 1 is 1.03 bits per heavy atom. The second kappa shape index (κ2) is 7.83. The van der Waals surface area contributed by atoms with Crippen molar-refractivity contribution in [1.82, 2.24) is 4.98 Å². The number of rotatable bonds is 4. The topological polar surface area (TPSA) is 79.7 Å². The van der Waals surface area contributed by atoms with Crippen LogP contribution in [0.15, 0.2) is 78.6 Å². The van der Waals surface area contributed by atoms with Crippen LogP contribution in [0.1, 0.15) is 22.7 Å². The average molecular weight is 400 g/mol. The van der Waals surface area contributed by atoms with Crippen molar-refractivity contribution >= 4 is 23.1 Å². The predicted molar refractivity (Wildman–Crippen MR) is 113 cm³/mol. The lowest BCUT2D eigenvalue weighted by atomic mass is 9.95. The number of para-hydroxylation sites is 2. The molecule has 0 radical (unpaired) electrons. The maximum absolute atomic E-state index is 13.1. The smallest absolute Gasteiger partial charge is 0.300 e. The molecular formula is C24H20N2O4. The molecule has 4 rings (SSSR count). The van der Waals surface area contributed by atoms with Crippen molar-refractivity contribution in [3.05, 3.63) is 95.3 Å². The van der Waals surface area contributed by atoms with Crippen LogP contribution in [0, 0.1) is 6.92 Å². The molecule has 150 valence electrons. The van der Waals surface area contributed by atoms with Crippen molar-refractivity contribution in [1.29, 1.82) is 0 Å². The summed E-state index contributed by atoms with van der Waals surface area (Å²) in [6.07, 6.45) is 3.21. The Bertz CT molecular complexity index is 1150. The Hall–Kier alpha value is -3.93. The first-order valence-electron chi connectivity index (χ1n) is 9.44. The number of hydrogen-bond donors (Lipinski definition) is 1. The number of nitrogens with zero attached hydrogens (tertiary/aromatic N) is 2. The van der Waals surface area contributed by atoms with Crippen LogP contribution < -0.4 is 9.64 Å². The van der Waals surface area contributed by atoms with Crippen molar-refractivity contribution < 1.29 is 19.4 Å². The molecule has 0 spiro atoms. The molecule has 6 heteroatoms. The zero-order chi connectivity index (χ0) is 21.3. The van der Waals surface area contributed by atoms with E-state index in [9.17, 15) is 14.7 Å². The van der Waals surface area contributed by atoms with Crippen LogP contribution >= 0.6 is 0 Å². The summed E-state index contributed by atoms with van der Waals surface area (Å²) in [4.78, 5) is 31.8. The lowest BCUT2D eigenvalue weighted by Gasteiger charge is -2.26. The van der Waals surface area contributed by atoms with Gasteiger partial charge in [-0.15, -0.1) is 0 Å². The van der Waals surface area contributed by atoms with Gasteiger partial charge >= 0.3 is 0 Å². The molecule has 30 heavy (non-hydrogen) atoms. The van der Waals surface area contributed by atoms with Gasteiger partial charge in [-0.05, 0) is 42.3 Å². The molecule has 1 aromatic heterocycles. The molecule has 1 atom stereocenters. The SMILES string of the molecule is COc1ccccc1/C(O)=C1/C(=O)C(=O)N(c2ccccc2C)C1c1cccnc1. The molecular weight excluding hydrogens is 380 g/mol. The van der Waals surface area contributed by atoms with Crippen LogP contribution in [0.3, 0.4) is 0 Å². The highest BCUT2D eigenvalue weighted by atomic mass is 16.5. The van der Waals surface area contributed by atoms with Gasteiger partial charge in [0.1, 0.15) is 11.5 Å². The Kier molecular flexibility index (Phi) is 5.06. The number of anilines is 1. The molecule has 0 saturated carbocycles. The fourth-order valence-corrected chi connectivity index (χ4v) is 3.75. The molecule has 2 heterocycles. The number of ether oxygens (including phenoxy) is 1. The van der Waals surface area contributed by atoms with Crippen LogP contribution in [0.2, 0.25) is 0 Å². The van der Waals surface area contributed by atoms with Crippen molar-refractivity contribution in [2.24, 2.45) is 0 Å². The Morgan fingerprint density at radius 3 is 2.47 bits per heavy atom. The van der Waals surface area contributed by atoms with Gasteiger partial charge in [-0.2, -0.15) is 0 Å². The second-order valence-electron chi connectivity index (χ2n) is 6.94. The number of hydrogen-bond acceptors (Lipinski definition) is 5. The molecule has 6 nitrogen and oxygen atoms in total. The summed E-state index contributed by atoms with van der Waals surface area (Å²) >= 11 is 0. The number of aliphatic hydroxyl groups excluding tert-OH is 1. The second-order valence-corrected chi connectivity index (χ2v) is 6.94. The summed E-state index contributed by atoms with van der Waals surface area (Å²) in [7, 11) is 1.48. The number of Topliss-reactive ketones (excluding diaryl/α,β-unsaturated/α-hetero) is 1. The molecule has 3 aromatic rings. The minimum atomic E-state index is -0.815. The van der Waals surface area contributed by atoms with Crippen molar-refractivity contribution in [3.8, 4) is 5.75 Å². The Balaban J connectivity index is 1.99. The molecule has 0 aliphatic carbocycles. The van der Waals surface area contributed by atoms with E-state index in [1.165, 1.54) is 12.0 Å². The average Bonchev–Trinajstić information content (AvgIpc) is 3.05. The zero-order valence-electron chi connectivity index (χ0n) is 16.6. The quantitative estimate of drug-likeness (QED) is 0.406. The van der Waals surface area contributed by atoms with E-state index in [0.29, 0.717) is 22.6 Å². The highest BCUT2D eigenvalue weighted by molar-refractivity contribution is 6.51. The minimum Gasteiger partial charge on any atom is -0.507 e. The lowest BCUT2D eigenvalue weighted by Crippen LogP contribution is -2.30. The van der Waals surface area contributed by atoms with Crippen molar-refractivity contribution in [2.75, 3.05) is 12.0 Å². The predicted octanol–water partition coefficient (Wildman–Crippen LogP) is 4.02. The van der Waals surface area contributed by atoms with Crippen LogP contribution in [0.5, 0.6) is 5.75 Å². The van der Waals surface area contributed by atoms with E-state index in [0.717, 1.165) is 5.56 Å². The van der Waals surface area contributed by atoms with Crippen LogP contribution in [-0.2, 0) is 9.59 Å². The summed E-state index contributed by atoms with van der Waals surface area (Å²) in [5.41, 5.74) is 2.41. The van der Waals surface area contributed by atoms with E-state index in [4.69, 9.17) is 4.74 Å². The van der Waals surface area contributed by atoms with E-state index in [2.05, 4.69) is 4.98 Å². The van der Waals surface area contributed by atoms with E-state index >= 15 is 0 Å². The minimum absolute atomic E-state index is 0.000697. The molecule has 0 bridgehead atoms. The summed E-state index contributed by atoms with van der Waals surface area (Å²) in [6, 6.07) is 16.9. The largest absolute Gasteiger partial charge is 0.507 e. The zero-order valence-corrected chi connectivity index (χ0v) is 16.6. The van der Waals surface area contributed by atoms with Gasteiger partial charge in [0.15, 0.2) is 0 Å². The highest BCUT2D eigenvalue weighted by Crippen LogP contribution is 2.43. The molecule has 1 amide bonds. The lowest BCUT2D eigenvalue weighted by molar-refractivity contribution is -0.132. The van der Waals surface area contributed by atoms with Crippen LogP contribution in [0.4, 0.5) is 5.69 Å². The van der Waals surface area contributed by atoms with Crippen LogP contribution in [-0.4, -0.2) is 28.9 Å².